The number of para-hydroxylation sites is 1. The average Bonchev–Trinajstić information content (AvgIpc) is 2.96. The van der Waals surface area contributed by atoms with Gasteiger partial charge in [-0.15, -0.1) is 0 Å². The highest BCUT2D eigenvalue weighted by Gasteiger charge is 2.23. The third-order valence-electron chi connectivity index (χ3n) is 4.77. The number of phenolic OH excluding ortho intramolecular Hbond substituents is 1. The van der Waals surface area contributed by atoms with Crippen LogP contribution in [0.25, 0.3) is 38.3 Å². The Bertz CT molecular complexity index is 1320. The molecule has 5 rings (SSSR count). The number of fused-ring (bicyclic) bond motifs is 3. The van der Waals surface area contributed by atoms with E-state index in [2.05, 4.69) is 0 Å². The molecule has 5 aromatic rings. The van der Waals surface area contributed by atoms with Gasteiger partial charge in [-0.2, -0.15) is 0 Å². The maximum Gasteiger partial charge on any atom is 0.267 e. The smallest absolute Gasteiger partial charge is 0.267 e. The molecular weight excluding hydrogens is 314 g/mol. The Morgan fingerprint density at radius 1 is 0.760 bits per heavy atom. The van der Waals surface area contributed by atoms with Gasteiger partial charge >= 0.3 is 0 Å². The highest BCUT2D eigenvalue weighted by Crippen LogP contribution is 2.42. The van der Waals surface area contributed by atoms with Crippen LogP contribution in [-0.4, -0.2) is 14.6 Å². The predicted molar refractivity (Wildman–Crippen MR) is 98.6 cm³/mol. The molecule has 2 heterocycles. The molecule has 0 aliphatic rings. The molecule has 120 valence electrons. The number of aromatic nitrogens is 1. The van der Waals surface area contributed by atoms with Gasteiger partial charge in [0.15, 0.2) is 0 Å². The second-order valence-corrected chi connectivity index (χ2v) is 6.10. The highest BCUT2D eigenvalue weighted by molar-refractivity contribution is 6.17. The lowest BCUT2D eigenvalue weighted by molar-refractivity contribution is 0.464. The highest BCUT2D eigenvalue weighted by atomic mass is 16.3. The summed E-state index contributed by atoms with van der Waals surface area (Å²) in [6.45, 7) is 0. The molecule has 0 amide bonds. The molecule has 4 nitrogen and oxygen atoms in total. The maximum atomic E-state index is 13.3. The van der Waals surface area contributed by atoms with Crippen LogP contribution in [0.1, 0.15) is 0 Å². The zero-order valence-electron chi connectivity index (χ0n) is 13.1. The number of benzene rings is 3. The minimum atomic E-state index is -0.298. The summed E-state index contributed by atoms with van der Waals surface area (Å²) in [4.78, 5) is 13.3. The Kier molecular flexibility index (Phi) is 2.63. The summed E-state index contributed by atoms with van der Waals surface area (Å²) < 4.78 is 1.59. The van der Waals surface area contributed by atoms with E-state index in [0.717, 1.165) is 16.3 Å². The van der Waals surface area contributed by atoms with E-state index in [1.165, 1.54) is 0 Å². The molecule has 0 spiro atoms. The first-order valence-corrected chi connectivity index (χ1v) is 7.97. The first kappa shape index (κ1) is 13.9. The van der Waals surface area contributed by atoms with Gasteiger partial charge in [-0.05, 0) is 23.8 Å². The second kappa shape index (κ2) is 4.74. The molecule has 4 heteroatoms. The van der Waals surface area contributed by atoms with E-state index < -0.39 is 0 Å². The summed E-state index contributed by atoms with van der Waals surface area (Å²) in [5.41, 5.74) is 1.81. The third kappa shape index (κ3) is 1.68. The lowest BCUT2D eigenvalue weighted by atomic mass is 10.0. The second-order valence-electron chi connectivity index (χ2n) is 6.10. The number of aromatic hydroxyl groups is 2. The van der Waals surface area contributed by atoms with Gasteiger partial charge in [-0.3, -0.25) is 9.20 Å². The van der Waals surface area contributed by atoms with E-state index in [1.807, 2.05) is 42.5 Å². The van der Waals surface area contributed by atoms with Gasteiger partial charge in [-0.25, -0.2) is 0 Å². The van der Waals surface area contributed by atoms with Crippen LogP contribution in [0.3, 0.4) is 0 Å². The van der Waals surface area contributed by atoms with Crippen LogP contribution in [0.5, 0.6) is 11.5 Å². The average molecular weight is 327 g/mol. The predicted octanol–water partition coefficient (Wildman–Crippen LogP) is 4.12. The Labute approximate surface area is 142 Å². The van der Waals surface area contributed by atoms with Crippen molar-refractivity contribution in [2.24, 2.45) is 0 Å². The monoisotopic (exact) mass is 327 g/mol. The van der Waals surface area contributed by atoms with Crippen molar-refractivity contribution in [3.05, 3.63) is 77.1 Å². The van der Waals surface area contributed by atoms with E-state index in [-0.39, 0.29) is 22.6 Å². The maximum absolute atomic E-state index is 13.3. The lowest BCUT2D eigenvalue weighted by Gasteiger charge is -2.11. The van der Waals surface area contributed by atoms with Crippen LogP contribution in [0.2, 0.25) is 0 Å². The van der Waals surface area contributed by atoms with Crippen molar-refractivity contribution < 1.29 is 10.2 Å². The molecule has 0 saturated heterocycles. The van der Waals surface area contributed by atoms with Gasteiger partial charge in [0.1, 0.15) is 11.5 Å². The fourth-order valence-electron chi connectivity index (χ4n) is 3.69. The number of rotatable bonds is 1. The van der Waals surface area contributed by atoms with Crippen LogP contribution < -0.4 is 5.56 Å². The molecule has 2 aromatic heterocycles. The zero-order valence-corrected chi connectivity index (χ0v) is 13.1. The first-order chi connectivity index (χ1) is 12.2. The molecule has 0 radical (unpaired) electrons. The van der Waals surface area contributed by atoms with Crippen molar-refractivity contribution in [2.75, 3.05) is 0 Å². The van der Waals surface area contributed by atoms with E-state index in [9.17, 15) is 15.0 Å². The number of pyridine rings is 1. The molecule has 0 fully saturated rings. The molecule has 3 aromatic carbocycles. The zero-order chi connectivity index (χ0) is 17.1. The number of nitrogens with zero attached hydrogens (tertiary/aromatic N) is 1. The Morgan fingerprint density at radius 3 is 2.28 bits per heavy atom. The number of hydrogen-bond acceptors (Lipinski definition) is 3. The minimum absolute atomic E-state index is 0.0463. The van der Waals surface area contributed by atoms with Crippen molar-refractivity contribution >= 4 is 27.2 Å². The quantitative estimate of drug-likeness (QED) is 0.487. The summed E-state index contributed by atoms with van der Waals surface area (Å²) in [7, 11) is 0. The van der Waals surface area contributed by atoms with E-state index in [4.69, 9.17) is 0 Å². The molecule has 0 saturated carbocycles. The van der Waals surface area contributed by atoms with Crippen molar-refractivity contribution in [1.29, 1.82) is 0 Å². The normalized spacial score (nSPS) is 11.7. The summed E-state index contributed by atoms with van der Waals surface area (Å²) in [5, 5.41) is 23.3. The summed E-state index contributed by atoms with van der Waals surface area (Å²) in [6, 6.07) is 20.0. The van der Waals surface area contributed by atoms with E-state index >= 15 is 0 Å². The summed E-state index contributed by atoms with van der Waals surface area (Å²) in [5.74, 6) is -0.232. The summed E-state index contributed by atoms with van der Waals surface area (Å²) in [6.07, 6.45) is 0. The standard InChI is InChI=1S/C21H13NO3/c23-16-11-10-14-13-8-4-5-9-15(13)22-19(14)18(16)20(24)17(21(22)25)12-6-2-1-3-7-12/h1-11,23-24H. The topological polar surface area (TPSA) is 61.9 Å². The van der Waals surface area contributed by atoms with Crippen LogP contribution in [0.15, 0.2) is 71.5 Å². The van der Waals surface area contributed by atoms with Crippen molar-refractivity contribution in [3.8, 4) is 22.6 Å². The Hall–Kier alpha value is -3.53. The molecule has 0 aliphatic carbocycles. The van der Waals surface area contributed by atoms with Gasteiger partial charge < -0.3 is 10.2 Å². The van der Waals surface area contributed by atoms with Gasteiger partial charge in [-0.1, -0.05) is 48.5 Å². The van der Waals surface area contributed by atoms with Crippen molar-refractivity contribution in [1.82, 2.24) is 4.40 Å². The number of phenols is 1. The summed E-state index contributed by atoms with van der Waals surface area (Å²) >= 11 is 0. The molecule has 0 aliphatic heterocycles. The van der Waals surface area contributed by atoms with Crippen molar-refractivity contribution in [3.63, 3.8) is 0 Å². The first-order valence-electron chi connectivity index (χ1n) is 7.97. The molecule has 2 N–H and O–H groups in total. The van der Waals surface area contributed by atoms with Crippen molar-refractivity contribution in [2.45, 2.75) is 0 Å². The SMILES string of the molecule is O=c1c(-c2ccccc2)c(O)c2c(O)ccc3c4ccccc4n1c23. The van der Waals surface area contributed by atoms with Gasteiger partial charge in [0.2, 0.25) is 0 Å². The molecule has 0 unspecified atom stereocenters. The Balaban J connectivity index is 2.15. The minimum Gasteiger partial charge on any atom is -0.507 e. The number of hydrogen-bond donors (Lipinski definition) is 2. The van der Waals surface area contributed by atoms with Crippen LogP contribution >= 0.6 is 0 Å². The lowest BCUT2D eigenvalue weighted by Crippen LogP contribution is -2.15. The van der Waals surface area contributed by atoms with Gasteiger partial charge in [0.25, 0.3) is 5.56 Å². The fourth-order valence-corrected chi connectivity index (χ4v) is 3.69. The molecular formula is C21H13NO3. The van der Waals surface area contributed by atoms with Crippen LogP contribution in [0.4, 0.5) is 0 Å². The largest absolute Gasteiger partial charge is 0.507 e. The van der Waals surface area contributed by atoms with Gasteiger partial charge in [0, 0.05) is 10.8 Å². The van der Waals surface area contributed by atoms with Gasteiger partial charge in [0.05, 0.1) is 22.0 Å². The molecule has 0 bridgehead atoms. The van der Waals surface area contributed by atoms with E-state index in [1.54, 1.807) is 28.7 Å². The third-order valence-corrected chi connectivity index (χ3v) is 4.77. The van der Waals surface area contributed by atoms with Crippen LogP contribution in [0, 0.1) is 0 Å². The fraction of sp³-hybridized carbons (Fsp3) is 0. The molecule has 0 atom stereocenters. The molecule has 25 heavy (non-hydrogen) atoms. The van der Waals surface area contributed by atoms with E-state index in [0.29, 0.717) is 16.5 Å². The Morgan fingerprint density at radius 2 is 1.48 bits per heavy atom. The van der Waals surface area contributed by atoms with Crippen LogP contribution in [-0.2, 0) is 0 Å².